The van der Waals surface area contributed by atoms with Crippen LogP contribution in [0.3, 0.4) is 0 Å². The van der Waals surface area contributed by atoms with Crippen molar-refractivity contribution in [3.05, 3.63) is 103 Å². The highest BCUT2D eigenvalue weighted by atomic mass is 35.5. The lowest BCUT2D eigenvalue weighted by molar-refractivity contribution is 0.0669. The monoisotopic (exact) mass is 494 g/mol. The number of benzene rings is 1. The first-order valence-electron chi connectivity index (χ1n) is 11.3. The predicted octanol–water partition coefficient (Wildman–Crippen LogP) is 4.94. The molecule has 0 aliphatic carbocycles. The quantitative estimate of drug-likeness (QED) is 0.357. The number of nitrogens with zero attached hydrogens (tertiary/aromatic N) is 3. The zero-order valence-corrected chi connectivity index (χ0v) is 20.6. The third-order valence-electron chi connectivity index (χ3n) is 5.81. The van der Waals surface area contributed by atoms with Crippen molar-refractivity contribution in [2.75, 3.05) is 13.1 Å². The molecule has 2 N–H and O–H groups in total. The molecule has 0 aliphatic heterocycles. The molecule has 1 amide bonds. The Kier molecular flexibility index (Phi) is 7.77. The molecule has 1 atom stereocenters. The molecule has 4 rings (SSSR count). The summed E-state index contributed by atoms with van der Waals surface area (Å²) in [6, 6.07) is 18.4. The van der Waals surface area contributed by atoms with E-state index < -0.39 is 0 Å². The second-order valence-corrected chi connectivity index (χ2v) is 9.76. The summed E-state index contributed by atoms with van der Waals surface area (Å²) in [4.78, 5) is 34.5. The Morgan fingerprint density at radius 3 is 2.59 bits per heavy atom. The van der Waals surface area contributed by atoms with Gasteiger partial charge in [-0.25, -0.2) is 4.98 Å². The first-order chi connectivity index (χ1) is 16.5. The number of amides is 1. The number of pyridine rings is 1. The summed E-state index contributed by atoms with van der Waals surface area (Å²) < 4.78 is 2.13. The van der Waals surface area contributed by atoms with Crippen LogP contribution in [0, 0.1) is 0 Å². The van der Waals surface area contributed by atoms with Crippen LogP contribution >= 0.6 is 22.9 Å². The van der Waals surface area contributed by atoms with Crippen LogP contribution in [0.2, 0.25) is 4.34 Å². The fraction of sp³-hybridized carbons (Fsp3) is 0.269. The van der Waals surface area contributed by atoms with Crippen LogP contribution in [0.15, 0.2) is 71.7 Å². The highest BCUT2D eigenvalue weighted by molar-refractivity contribution is 7.17. The Morgan fingerprint density at radius 2 is 1.91 bits per heavy atom. The second kappa shape index (κ2) is 11.0. The van der Waals surface area contributed by atoms with Gasteiger partial charge in [0.05, 0.1) is 20.9 Å². The fourth-order valence-corrected chi connectivity index (χ4v) is 5.18. The third-order valence-corrected chi connectivity index (χ3v) is 7.03. The normalized spacial score (nSPS) is 12.1. The van der Waals surface area contributed by atoms with Gasteiger partial charge in [0.2, 0.25) is 0 Å². The number of carbonyl (C=O) groups excluding carboxylic acids is 1. The van der Waals surface area contributed by atoms with E-state index in [-0.39, 0.29) is 17.5 Å². The summed E-state index contributed by atoms with van der Waals surface area (Å²) in [5.41, 5.74) is 8.49. The molecule has 0 aliphatic rings. The van der Waals surface area contributed by atoms with E-state index in [9.17, 15) is 9.59 Å². The number of hydrogen-bond acceptors (Lipinski definition) is 5. The minimum Gasteiger partial charge on any atom is -0.330 e. The van der Waals surface area contributed by atoms with E-state index in [1.807, 2.05) is 55.5 Å². The summed E-state index contributed by atoms with van der Waals surface area (Å²) in [5.74, 6) is -0.127. The van der Waals surface area contributed by atoms with Crippen LogP contribution in [-0.2, 0) is 6.42 Å². The van der Waals surface area contributed by atoms with Crippen molar-refractivity contribution in [3.8, 4) is 0 Å². The number of aromatic nitrogens is 2. The lowest BCUT2D eigenvalue weighted by Crippen LogP contribution is -2.38. The Labute approximate surface area is 207 Å². The molecule has 8 heteroatoms. The van der Waals surface area contributed by atoms with Gasteiger partial charge in [0, 0.05) is 24.7 Å². The van der Waals surface area contributed by atoms with Crippen molar-refractivity contribution in [2.45, 2.75) is 32.2 Å². The molecular weight excluding hydrogens is 468 g/mol. The lowest BCUT2D eigenvalue weighted by Gasteiger charge is -2.32. The number of thiophene rings is 1. The smallest absolute Gasteiger partial charge is 0.264 e. The van der Waals surface area contributed by atoms with Crippen LogP contribution in [-0.4, -0.2) is 33.3 Å². The summed E-state index contributed by atoms with van der Waals surface area (Å²) in [6.45, 7) is 2.93. The van der Waals surface area contributed by atoms with Gasteiger partial charge < -0.3 is 10.6 Å². The first kappa shape index (κ1) is 24.1. The number of halogens is 1. The molecule has 0 saturated carbocycles. The van der Waals surface area contributed by atoms with E-state index in [0.717, 1.165) is 5.56 Å². The molecule has 1 aromatic carbocycles. The zero-order chi connectivity index (χ0) is 24.1. The molecule has 0 spiro atoms. The molecule has 0 saturated heterocycles. The lowest BCUT2D eigenvalue weighted by atomic mass is 9.98. The molecular formula is C26H27ClN4O2S. The number of hydrogen-bond donors (Lipinski definition) is 1. The van der Waals surface area contributed by atoms with Gasteiger partial charge in [0.25, 0.3) is 11.5 Å². The van der Waals surface area contributed by atoms with Crippen molar-refractivity contribution in [3.63, 3.8) is 0 Å². The van der Waals surface area contributed by atoms with Crippen molar-refractivity contribution < 1.29 is 4.79 Å². The molecule has 1 unspecified atom stereocenters. The number of carbonyl (C=O) groups is 1. The van der Waals surface area contributed by atoms with E-state index in [4.69, 9.17) is 22.3 Å². The molecule has 0 bridgehead atoms. The maximum Gasteiger partial charge on any atom is 0.264 e. The van der Waals surface area contributed by atoms with Gasteiger partial charge >= 0.3 is 0 Å². The Morgan fingerprint density at radius 1 is 1.15 bits per heavy atom. The Balaban J connectivity index is 1.87. The minimum atomic E-state index is -0.378. The summed E-state index contributed by atoms with van der Waals surface area (Å²) in [5, 5.41) is 0. The van der Waals surface area contributed by atoms with E-state index in [1.54, 1.807) is 27.6 Å². The van der Waals surface area contributed by atoms with E-state index in [1.165, 1.54) is 11.3 Å². The summed E-state index contributed by atoms with van der Waals surface area (Å²) >= 11 is 7.37. The van der Waals surface area contributed by atoms with Crippen LogP contribution in [0.5, 0.6) is 0 Å². The van der Waals surface area contributed by atoms with Gasteiger partial charge in [-0.1, -0.05) is 54.9 Å². The van der Waals surface area contributed by atoms with E-state index in [0.29, 0.717) is 58.5 Å². The van der Waals surface area contributed by atoms with E-state index in [2.05, 4.69) is 0 Å². The van der Waals surface area contributed by atoms with Gasteiger partial charge in [-0.15, -0.1) is 11.3 Å². The molecule has 0 radical (unpaired) electrons. The Bertz CT molecular complexity index is 1340. The molecule has 0 fully saturated rings. The molecule has 176 valence electrons. The highest BCUT2D eigenvalue weighted by Gasteiger charge is 2.30. The van der Waals surface area contributed by atoms with Gasteiger partial charge in [-0.2, -0.15) is 0 Å². The minimum absolute atomic E-state index is 0.117. The molecule has 3 aromatic heterocycles. The summed E-state index contributed by atoms with van der Waals surface area (Å²) in [7, 11) is 0. The molecule has 6 nitrogen and oxygen atoms in total. The van der Waals surface area contributed by atoms with Crippen molar-refractivity contribution in [1.29, 1.82) is 0 Å². The zero-order valence-electron chi connectivity index (χ0n) is 19.0. The molecule has 34 heavy (non-hydrogen) atoms. The van der Waals surface area contributed by atoms with Crippen LogP contribution in [0.4, 0.5) is 0 Å². The van der Waals surface area contributed by atoms with Crippen molar-refractivity contribution >= 4 is 34.5 Å². The third kappa shape index (κ3) is 5.06. The second-order valence-electron chi connectivity index (χ2n) is 8.04. The molecule has 4 aromatic rings. The van der Waals surface area contributed by atoms with Crippen LogP contribution < -0.4 is 11.3 Å². The fourth-order valence-electron chi connectivity index (χ4n) is 4.18. The summed E-state index contributed by atoms with van der Waals surface area (Å²) in [6.07, 6.45) is 3.41. The van der Waals surface area contributed by atoms with Crippen molar-refractivity contribution in [2.24, 2.45) is 5.73 Å². The predicted molar refractivity (Wildman–Crippen MR) is 138 cm³/mol. The largest absolute Gasteiger partial charge is 0.330 e. The maximum absolute atomic E-state index is 13.6. The SMILES string of the molecule is CCC(c1nc2ccccn2c(=O)c1Cc1ccccc1)N(CCCN)C(=O)c1ccc(Cl)s1. The standard InChI is InChI=1S/C26H27ClN4O2S/c1-2-20(30(16-8-14-28)26(33)21-12-13-22(27)34-21)24-19(17-18-9-4-3-5-10-18)25(32)31-15-7-6-11-23(31)29-24/h3-7,9-13,15,20H,2,8,14,16-17,28H2,1H3. The maximum atomic E-state index is 13.6. The van der Waals surface area contributed by atoms with Gasteiger partial charge in [-0.05, 0) is 49.2 Å². The van der Waals surface area contributed by atoms with Crippen LogP contribution in [0.25, 0.3) is 5.65 Å². The topological polar surface area (TPSA) is 80.7 Å². The van der Waals surface area contributed by atoms with Crippen LogP contribution in [0.1, 0.15) is 52.3 Å². The van der Waals surface area contributed by atoms with Crippen molar-refractivity contribution in [1.82, 2.24) is 14.3 Å². The van der Waals surface area contributed by atoms with E-state index >= 15 is 0 Å². The molecule has 3 heterocycles. The average Bonchev–Trinajstić information content (AvgIpc) is 3.30. The number of rotatable bonds is 9. The number of nitrogens with two attached hydrogens (primary N) is 1. The number of fused-ring (bicyclic) bond motifs is 1. The highest BCUT2D eigenvalue weighted by Crippen LogP contribution is 2.30. The Hall–Kier alpha value is -3.00. The van der Waals surface area contributed by atoms with Gasteiger partial charge in [0.15, 0.2) is 0 Å². The van der Waals surface area contributed by atoms with Gasteiger partial charge in [0.1, 0.15) is 5.65 Å². The average molecular weight is 495 g/mol. The first-order valence-corrected chi connectivity index (χ1v) is 12.5. The van der Waals surface area contributed by atoms with Gasteiger partial charge in [-0.3, -0.25) is 14.0 Å².